The number of rotatable bonds is 6. The second-order valence-corrected chi connectivity index (χ2v) is 9.43. The van der Waals surface area contributed by atoms with Crippen LogP contribution in [0, 0.1) is 5.92 Å². The number of hydrogen-bond acceptors (Lipinski definition) is 7. The molecule has 2 heterocycles. The van der Waals surface area contributed by atoms with E-state index in [2.05, 4.69) is 4.98 Å². The van der Waals surface area contributed by atoms with Crippen LogP contribution in [0.25, 0.3) is 0 Å². The maximum absolute atomic E-state index is 13.0. The molecule has 178 valence electrons. The van der Waals surface area contributed by atoms with Crippen molar-refractivity contribution in [1.29, 1.82) is 0 Å². The largest absolute Gasteiger partial charge is 0.464 e. The Labute approximate surface area is 199 Å². The summed E-state index contributed by atoms with van der Waals surface area (Å²) in [6.45, 7) is 7.87. The van der Waals surface area contributed by atoms with Gasteiger partial charge < -0.3 is 19.1 Å². The van der Waals surface area contributed by atoms with Crippen LogP contribution in [0.15, 0.2) is 49.1 Å². The van der Waals surface area contributed by atoms with Gasteiger partial charge >= 0.3 is 12.1 Å². The van der Waals surface area contributed by atoms with Crippen molar-refractivity contribution in [3.8, 4) is 0 Å². The van der Waals surface area contributed by atoms with Crippen LogP contribution in [0.1, 0.15) is 46.1 Å². The van der Waals surface area contributed by atoms with Gasteiger partial charge in [0.25, 0.3) is 5.17 Å². The Morgan fingerprint density at radius 1 is 1.24 bits per heavy atom. The molecule has 9 heteroatoms. The summed E-state index contributed by atoms with van der Waals surface area (Å²) in [4.78, 5) is 31.5. The van der Waals surface area contributed by atoms with Crippen LogP contribution in [0.5, 0.6) is 0 Å². The summed E-state index contributed by atoms with van der Waals surface area (Å²) < 4.78 is 18.8. The minimum Gasteiger partial charge on any atom is -0.464 e. The van der Waals surface area contributed by atoms with Crippen molar-refractivity contribution in [3.63, 3.8) is 0 Å². The molecule has 0 radical (unpaired) electrons. The highest BCUT2D eigenvalue weighted by atomic mass is 32.1. The summed E-state index contributed by atoms with van der Waals surface area (Å²) in [5, 5.41) is 0.149. The highest BCUT2D eigenvalue weighted by Crippen LogP contribution is 2.29. The first-order chi connectivity index (χ1) is 15.7. The van der Waals surface area contributed by atoms with Gasteiger partial charge in [-0.15, -0.1) is 0 Å². The van der Waals surface area contributed by atoms with E-state index in [1.165, 1.54) is 6.33 Å². The summed E-state index contributed by atoms with van der Waals surface area (Å²) in [5.41, 5.74) is 0.258. The van der Waals surface area contributed by atoms with Gasteiger partial charge in [-0.05, 0) is 58.3 Å². The molecule has 3 atom stereocenters. The maximum atomic E-state index is 13.0. The third-order valence-corrected chi connectivity index (χ3v) is 5.65. The molecule has 33 heavy (non-hydrogen) atoms. The molecule has 0 N–H and O–H groups in total. The number of hydrogen-bond donors (Lipinski definition) is 0. The van der Waals surface area contributed by atoms with Crippen molar-refractivity contribution in [2.24, 2.45) is 5.92 Å². The normalized spacial score (nSPS) is 17.8. The molecule has 0 bridgehead atoms. The molecule has 8 nitrogen and oxygen atoms in total. The standard InChI is InChI=1S/C24H31N3O5S/c1-17(21(28)30-15-18-9-6-5-7-10-18)20(31-23(33)26-14-12-25-16-26)19-11-8-13-27(19)22(29)32-24(2,3)4/h5-7,9-10,12,14,16-17,19-20H,8,11,13,15H2,1-4H3/t17-,19+,20-/m1/s1. The van der Waals surface area contributed by atoms with Gasteiger partial charge in [0.2, 0.25) is 0 Å². The van der Waals surface area contributed by atoms with Gasteiger partial charge in [0.05, 0.1) is 12.0 Å². The van der Waals surface area contributed by atoms with Crippen molar-refractivity contribution >= 4 is 29.5 Å². The van der Waals surface area contributed by atoms with Crippen molar-refractivity contribution in [2.75, 3.05) is 6.54 Å². The van der Waals surface area contributed by atoms with E-state index < -0.39 is 29.7 Å². The number of carbonyl (C=O) groups excluding carboxylic acids is 2. The van der Waals surface area contributed by atoms with Gasteiger partial charge in [-0.25, -0.2) is 9.78 Å². The molecule has 1 aromatic carbocycles. The molecule has 0 unspecified atom stereocenters. The van der Waals surface area contributed by atoms with E-state index in [-0.39, 0.29) is 17.8 Å². The summed E-state index contributed by atoms with van der Waals surface area (Å²) in [7, 11) is 0. The fourth-order valence-corrected chi connectivity index (χ4v) is 3.95. The first kappa shape index (κ1) is 24.7. The van der Waals surface area contributed by atoms with Crippen LogP contribution in [0.4, 0.5) is 4.79 Å². The van der Waals surface area contributed by atoms with Crippen LogP contribution in [-0.2, 0) is 25.6 Å². The van der Waals surface area contributed by atoms with E-state index >= 15 is 0 Å². The summed E-state index contributed by atoms with van der Waals surface area (Å²) in [6.07, 6.45) is 5.07. The molecule has 1 aromatic heterocycles. The van der Waals surface area contributed by atoms with E-state index in [1.807, 2.05) is 51.1 Å². The number of imidazole rings is 1. The predicted octanol–water partition coefficient (Wildman–Crippen LogP) is 4.18. The van der Waals surface area contributed by atoms with E-state index in [0.717, 1.165) is 12.0 Å². The molecule has 0 aliphatic carbocycles. The monoisotopic (exact) mass is 473 g/mol. The Bertz CT molecular complexity index is 943. The highest BCUT2D eigenvalue weighted by Gasteiger charge is 2.43. The number of esters is 1. The average molecular weight is 474 g/mol. The SMILES string of the molecule is C[C@@H](C(=O)OCc1ccccc1)[C@@H](OC(=S)n1ccnc1)[C@@H]1CCCN1C(=O)OC(C)(C)C. The lowest BCUT2D eigenvalue weighted by Crippen LogP contribution is -2.50. The molecule has 1 aliphatic heterocycles. The van der Waals surface area contributed by atoms with Crippen molar-refractivity contribution in [1.82, 2.24) is 14.5 Å². The Morgan fingerprint density at radius 2 is 1.97 bits per heavy atom. The van der Waals surface area contributed by atoms with E-state index in [1.54, 1.807) is 28.8 Å². The number of likely N-dealkylation sites (tertiary alicyclic amines) is 1. The van der Waals surface area contributed by atoms with Crippen molar-refractivity contribution in [3.05, 3.63) is 54.6 Å². The smallest absolute Gasteiger partial charge is 0.410 e. The third-order valence-electron chi connectivity index (χ3n) is 5.35. The zero-order valence-electron chi connectivity index (χ0n) is 19.5. The van der Waals surface area contributed by atoms with Crippen LogP contribution in [0.2, 0.25) is 0 Å². The molecule has 1 saturated heterocycles. The molecule has 0 spiro atoms. The van der Waals surface area contributed by atoms with Crippen LogP contribution in [-0.4, -0.2) is 56.0 Å². The second kappa shape index (κ2) is 10.8. The number of ether oxygens (including phenoxy) is 3. The lowest BCUT2D eigenvalue weighted by Gasteiger charge is -2.35. The minimum atomic E-state index is -0.710. The van der Waals surface area contributed by atoms with Crippen LogP contribution < -0.4 is 0 Å². The first-order valence-corrected chi connectivity index (χ1v) is 11.5. The number of nitrogens with zero attached hydrogens (tertiary/aromatic N) is 3. The Morgan fingerprint density at radius 3 is 2.61 bits per heavy atom. The number of amides is 1. The van der Waals surface area contributed by atoms with Gasteiger partial charge in [0.15, 0.2) is 0 Å². The fourth-order valence-electron chi connectivity index (χ4n) is 3.73. The number of thiocarbonyl (C=S) groups is 1. The molecule has 1 fully saturated rings. The zero-order chi connectivity index (χ0) is 24.0. The van der Waals surface area contributed by atoms with Gasteiger partial charge in [0, 0.05) is 18.9 Å². The fraction of sp³-hybridized carbons (Fsp3) is 0.500. The quantitative estimate of drug-likeness (QED) is 0.460. The molecule has 2 aromatic rings. The molecule has 0 saturated carbocycles. The minimum absolute atomic E-state index is 0.149. The van der Waals surface area contributed by atoms with Crippen LogP contribution >= 0.6 is 12.2 Å². The van der Waals surface area contributed by atoms with Crippen molar-refractivity contribution < 1.29 is 23.8 Å². The zero-order valence-corrected chi connectivity index (χ0v) is 20.3. The summed E-state index contributed by atoms with van der Waals surface area (Å²) in [6, 6.07) is 9.07. The Hall–Kier alpha value is -2.94. The van der Waals surface area contributed by atoms with E-state index in [9.17, 15) is 9.59 Å². The summed E-state index contributed by atoms with van der Waals surface area (Å²) >= 11 is 5.44. The predicted molar refractivity (Wildman–Crippen MR) is 126 cm³/mol. The maximum Gasteiger partial charge on any atom is 0.410 e. The van der Waals surface area contributed by atoms with E-state index in [4.69, 9.17) is 26.4 Å². The molecule has 1 amide bonds. The Balaban J connectivity index is 1.78. The van der Waals surface area contributed by atoms with Gasteiger partial charge in [-0.1, -0.05) is 30.3 Å². The van der Waals surface area contributed by atoms with Crippen LogP contribution in [0.3, 0.4) is 0 Å². The van der Waals surface area contributed by atoms with E-state index in [0.29, 0.717) is 13.0 Å². The number of aromatic nitrogens is 2. The molecular weight excluding hydrogens is 442 g/mol. The third kappa shape index (κ3) is 6.77. The van der Waals surface area contributed by atoms with Crippen molar-refractivity contribution in [2.45, 2.75) is 64.9 Å². The van der Waals surface area contributed by atoms with Gasteiger partial charge in [-0.3, -0.25) is 9.36 Å². The average Bonchev–Trinajstić information content (AvgIpc) is 3.47. The highest BCUT2D eigenvalue weighted by molar-refractivity contribution is 7.80. The lowest BCUT2D eigenvalue weighted by atomic mass is 9.96. The molecule has 1 aliphatic rings. The molecular formula is C24H31N3O5S. The second-order valence-electron chi connectivity index (χ2n) is 9.08. The topological polar surface area (TPSA) is 82.9 Å². The summed E-state index contributed by atoms with van der Waals surface area (Å²) in [5.74, 6) is -1.10. The lowest BCUT2D eigenvalue weighted by molar-refractivity contribution is -0.154. The Kier molecular flexibility index (Phi) is 8.07. The van der Waals surface area contributed by atoms with Gasteiger partial charge in [0.1, 0.15) is 24.6 Å². The number of benzene rings is 1. The number of carbonyl (C=O) groups is 2. The first-order valence-electron chi connectivity index (χ1n) is 11.0. The molecule has 3 rings (SSSR count). The van der Waals surface area contributed by atoms with Gasteiger partial charge in [-0.2, -0.15) is 0 Å².